The Labute approximate surface area is 126 Å². The van der Waals surface area contributed by atoms with Gasteiger partial charge in [-0.05, 0) is 39.7 Å². The second-order valence-corrected chi connectivity index (χ2v) is 8.94. The van der Waals surface area contributed by atoms with Gasteiger partial charge in [0.25, 0.3) is 0 Å². The average molecular weight is 323 g/mol. The molecular formula is C13H25NO4S2. The van der Waals surface area contributed by atoms with Gasteiger partial charge in [0.1, 0.15) is 15.4 Å². The van der Waals surface area contributed by atoms with Crippen LogP contribution in [-0.4, -0.2) is 56.6 Å². The Morgan fingerprint density at radius 2 is 2.20 bits per heavy atom. The standard InChI is InChI=1S/C13H25NO4S2/c1-4-18-12(15)13(14-2)7-5-6-11(10-13)19-8-9-20(3,16)17/h11,14H,4-10H2,1-3H3. The molecule has 0 saturated heterocycles. The highest BCUT2D eigenvalue weighted by molar-refractivity contribution is 8.01. The summed E-state index contributed by atoms with van der Waals surface area (Å²) in [5.74, 6) is 0.600. The van der Waals surface area contributed by atoms with Crippen molar-refractivity contribution in [1.82, 2.24) is 5.32 Å². The van der Waals surface area contributed by atoms with E-state index in [4.69, 9.17) is 4.74 Å². The zero-order valence-corrected chi connectivity index (χ0v) is 14.1. The van der Waals surface area contributed by atoms with Gasteiger partial charge in [-0.3, -0.25) is 4.79 Å². The van der Waals surface area contributed by atoms with Crippen LogP contribution in [0, 0.1) is 0 Å². The number of hydrogen-bond acceptors (Lipinski definition) is 6. The zero-order chi connectivity index (χ0) is 15.2. The summed E-state index contributed by atoms with van der Waals surface area (Å²) in [7, 11) is -1.12. The van der Waals surface area contributed by atoms with Gasteiger partial charge < -0.3 is 10.1 Å². The molecule has 1 rings (SSSR count). The van der Waals surface area contributed by atoms with Crippen molar-refractivity contribution in [3.8, 4) is 0 Å². The molecule has 2 atom stereocenters. The number of hydrogen-bond donors (Lipinski definition) is 1. The van der Waals surface area contributed by atoms with Crippen LogP contribution in [0.15, 0.2) is 0 Å². The van der Waals surface area contributed by atoms with Crippen LogP contribution < -0.4 is 5.32 Å². The van der Waals surface area contributed by atoms with Crippen molar-refractivity contribution in [2.24, 2.45) is 0 Å². The third kappa shape index (κ3) is 5.26. The lowest BCUT2D eigenvalue weighted by Gasteiger charge is -2.38. The van der Waals surface area contributed by atoms with E-state index < -0.39 is 15.4 Å². The number of thioether (sulfide) groups is 1. The molecule has 20 heavy (non-hydrogen) atoms. The minimum atomic E-state index is -2.91. The number of ether oxygens (including phenoxy) is 1. The number of likely N-dealkylation sites (N-methyl/N-ethyl adjacent to an activating group) is 1. The summed E-state index contributed by atoms with van der Waals surface area (Å²) in [5, 5.41) is 3.44. The molecule has 0 aromatic carbocycles. The first-order chi connectivity index (χ1) is 9.33. The van der Waals surface area contributed by atoms with Crippen molar-refractivity contribution >= 4 is 27.6 Å². The highest BCUT2D eigenvalue weighted by Crippen LogP contribution is 2.35. The quantitative estimate of drug-likeness (QED) is 0.711. The molecule has 1 N–H and O–H groups in total. The van der Waals surface area contributed by atoms with Crippen LogP contribution in [0.2, 0.25) is 0 Å². The van der Waals surface area contributed by atoms with Crippen molar-refractivity contribution in [3.63, 3.8) is 0 Å². The first-order valence-corrected chi connectivity index (χ1v) is 10.1. The van der Waals surface area contributed by atoms with Gasteiger partial charge >= 0.3 is 5.97 Å². The molecule has 0 bridgehead atoms. The molecular weight excluding hydrogens is 298 g/mol. The van der Waals surface area contributed by atoms with Crippen molar-refractivity contribution in [2.45, 2.75) is 43.4 Å². The fourth-order valence-electron chi connectivity index (χ4n) is 2.52. The Kier molecular flexibility index (Phi) is 6.81. The molecule has 0 aliphatic heterocycles. The SMILES string of the molecule is CCOC(=O)C1(NC)CCCC(SCCS(C)(=O)=O)C1. The highest BCUT2D eigenvalue weighted by Gasteiger charge is 2.42. The van der Waals surface area contributed by atoms with Crippen molar-refractivity contribution in [1.29, 1.82) is 0 Å². The molecule has 0 radical (unpaired) electrons. The highest BCUT2D eigenvalue weighted by atomic mass is 32.2. The third-order valence-corrected chi connectivity index (χ3v) is 6.18. The normalized spacial score (nSPS) is 27.2. The van der Waals surface area contributed by atoms with Gasteiger partial charge in [-0.1, -0.05) is 0 Å². The van der Waals surface area contributed by atoms with Crippen LogP contribution in [0.1, 0.15) is 32.6 Å². The largest absolute Gasteiger partial charge is 0.465 e. The molecule has 2 unspecified atom stereocenters. The predicted octanol–water partition coefficient (Wildman–Crippen LogP) is 1.23. The van der Waals surface area contributed by atoms with Crippen molar-refractivity contribution < 1.29 is 17.9 Å². The van der Waals surface area contributed by atoms with Crippen LogP contribution in [-0.2, 0) is 19.4 Å². The molecule has 0 amide bonds. The van der Waals surface area contributed by atoms with Gasteiger partial charge in [0.2, 0.25) is 0 Å². The van der Waals surface area contributed by atoms with Crippen molar-refractivity contribution in [3.05, 3.63) is 0 Å². The van der Waals surface area contributed by atoms with E-state index in [0.29, 0.717) is 24.0 Å². The molecule has 1 aliphatic rings. The number of nitrogens with one attached hydrogen (secondary N) is 1. The molecule has 7 heteroatoms. The molecule has 0 spiro atoms. The first-order valence-electron chi connectivity index (χ1n) is 6.98. The molecule has 5 nitrogen and oxygen atoms in total. The maximum atomic E-state index is 12.1. The summed E-state index contributed by atoms with van der Waals surface area (Å²) in [6, 6.07) is 0. The summed E-state index contributed by atoms with van der Waals surface area (Å²) < 4.78 is 27.5. The maximum absolute atomic E-state index is 12.1. The van der Waals surface area contributed by atoms with E-state index >= 15 is 0 Å². The van der Waals surface area contributed by atoms with Crippen LogP contribution in [0.25, 0.3) is 0 Å². The molecule has 118 valence electrons. The monoisotopic (exact) mass is 323 g/mol. The van der Waals surface area contributed by atoms with E-state index in [1.807, 2.05) is 6.92 Å². The summed E-state index contributed by atoms with van der Waals surface area (Å²) in [4.78, 5) is 12.1. The minimum Gasteiger partial charge on any atom is -0.465 e. The Hall–Kier alpha value is -0.270. The molecule has 0 heterocycles. The van der Waals surface area contributed by atoms with Gasteiger partial charge in [-0.25, -0.2) is 8.42 Å². The maximum Gasteiger partial charge on any atom is 0.326 e. The third-order valence-electron chi connectivity index (χ3n) is 3.66. The average Bonchev–Trinajstić information content (AvgIpc) is 2.37. The van der Waals surface area contributed by atoms with Crippen molar-refractivity contribution in [2.75, 3.05) is 31.4 Å². The molecule has 1 saturated carbocycles. The van der Waals surface area contributed by atoms with E-state index in [9.17, 15) is 13.2 Å². The smallest absolute Gasteiger partial charge is 0.326 e. The first kappa shape index (κ1) is 17.8. The second-order valence-electron chi connectivity index (χ2n) is 5.27. The fourth-order valence-corrected chi connectivity index (χ4v) is 5.18. The molecule has 1 fully saturated rings. The summed E-state index contributed by atoms with van der Waals surface area (Å²) in [6.45, 7) is 2.19. The number of rotatable bonds is 7. The minimum absolute atomic E-state index is 0.184. The lowest BCUT2D eigenvalue weighted by atomic mass is 9.81. The fraction of sp³-hybridized carbons (Fsp3) is 0.923. The lowest BCUT2D eigenvalue weighted by Crippen LogP contribution is -2.54. The number of carbonyl (C=O) groups excluding carboxylic acids is 1. The predicted molar refractivity (Wildman–Crippen MR) is 82.8 cm³/mol. The Morgan fingerprint density at radius 3 is 2.75 bits per heavy atom. The molecule has 0 aromatic rings. The van der Waals surface area contributed by atoms with Gasteiger partial charge in [0.15, 0.2) is 0 Å². The number of carbonyl (C=O) groups is 1. The van der Waals surface area contributed by atoms with Gasteiger partial charge in [0.05, 0.1) is 12.4 Å². The lowest BCUT2D eigenvalue weighted by molar-refractivity contribution is -0.152. The zero-order valence-electron chi connectivity index (χ0n) is 12.5. The topological polar surface area (TPSA) is 72.5 Å². The van der Waals surface area contributed by atoms with Crippen LogP contribution in [0.3, 0.4) is 0 Å². The number of sulfone groups is 1. The van der Waals surface area contributed by atoms with Crippen LogP contribution >= 0.6 is 11.8 Å². The van der Waals surface area contributed by atoms with E-state index in [1.54, 1.807) is 18.8 Å². The van der Waals surface area contributed by atoms with Gasteiger partial charge in [-0.2, -0.15) is 11.8 Å². The Morgan fingerprint density at radius 1 is 1.50 bits per heavy atom. The van der Waals surface area contributed by atoms with Crippen LogP contribution in [0.4, 0.5) is 0 Å². The van der Waals surface area contributed by atoms with E-state index in [1.165, 1.54) is 6.26 Å². The van der Waals surface area contributed by atoms with Gasteiger partial charge in [0, 0.05) is 17.3 Å². The van der Waals surface area contributed by atoms with E-state index in [0.717, 1.165) is 19.3 Å². The summed E-state index contributed by atoms with van der Waals surface area (Å²) in [6.07, 6.45) is 4.72. The summed E-state index contributed by atoms with van der Waals surface area (Å²) in [5.41, 5.74) is -0.600. The van der Waals surface area contributed by atoms with E-state index in [2.05, 4.69) is 5.32 Å². The molecule has 1 aliphatic carbocycles. The van der Waals surface area contributed by atoms with Crippen LogP contribution in [0.5, 0.6) is 0 Å². The van der Waals surface area contributed by atoms with Gasteiger partial charge in [-0.15, -0.1) is 0 Å². The number of esters is 1. The second kappa shape index (κ2) is 7.66. The van der Waals surface area contributed by atoms with E-state index in [-0.39, 0.29) is 11.7 Å². The summed E-state index contributed by atoms with van der Waals surface area (Å²) >= 11 is 1.65. The Bertz CT molecular complexity index is 424. The Balaban J connectivity index is 2.57. The molecule has 0 aromatic heterocycles.